The smallest absolute Gasteiger partial charge is 0.336 e. The van der Waals surface area contributed by atoms with Crippen LogP contribution in [0, 0.1) is 0 Å². The van der Waals surface area contributed by atoms with Crippen molar-refractivity contribution in [2.75, 3.05) is 0 Å². The fourth-order valence-electron chi connectivity index (χ4n) is 0.880. The third kappa shape index (κ3) is 1.76. The van der Waals surface area contributed by atoms with E-state index >= 15 is 0 Å². The standard InChI is InChI=1S/C8H7BrO3/c9-4-5-1-2-6(10)3-7(5)8(11)12/h1-3,10H,4H2,(H,11,12). The monoisotopic (exact) mass is 230 g/mol. The molecular weight excluding hydrogens is 224 g/mol. The Morgan fingerprint density at radius 3 is 2.67 bits per heavy atom. The van der Waals surface area contributed by atoms with Gasteiger partial charge in [-0.1, -0.05) is 22.0 Å². The number of aromatic hydroxyl groups is 1. The van der Waals surface area contributed by atoms with E-state index in [1.165, 1.54) is 12.1 Å². The van der Waals surface area contributed by atoms with Gasteiger partial charge in [-0.25, -0.2) is 4.79 Å². The summed E-state index contributed by atoms with van der Waals surface area (Å²) in [5, 5.41) is 18.2. The summed E-state index contributed by atoms with van der Waals surface area (Å²) in [6.45, 7) is 0. The molecule has 0 aliphatic rings. The van der Waals surface area contributed by atoms with Crippen molar-refractivity contribution in [3.63, 3.8) is 0 Å². The van der Waals surface area contributed by atoms with Crippen molar-refractivity contribution in [1.29, 1.82) is 0 Å². The molecule has 1 aromatic rings. The summed E-state index contributed by atoms with van der Waals surface area (Å²) in [6, 6.07) is 4.27. The maximum atomic E-state index is 10.6. The highest BCUT2D eigenvalue weighted by atomic mass is 79.9. The van der Waals surface area contributed by atoms with Crippen LogP contribution in [0.5, 0.6) is 5.75 Å². The summed E-state index contributed by atoms with van der Waals surface area (Å²) in [4.78, 5) is 10.6. The van der Waals surface area contributed by atoms with Gasteiger partial charge in [-0.3, -0.25) is 0 Å². The number of aromatic carboxylic acids is 1. The average molecular weight is 231 g/mol. The van der Waals surface area contributed by atoms with Crippen molar-refractivity contribution in [2.45, 2.75) is 5.33 Å². The van der Waals surface area contributed by atoms with Crippen LogP contribution < -0.4 is 0 Å². The molecule has 0 amide bonds. The minimum absolute atomic E-state index is 0.0305. The van der Waals surface area contributed by atoms with E-state index in [0.717, 1.165) is 0 Å². The first-order chi connectivity index (χ1) is 5.65. The van der Waals surface area contributed by atoms with Gasteiger partial charge in [0.1, 0.15) is 5.75 Å². The van der Waals surface area contributed by atoms with Gasteiger partial charge in [-0.05, 0) is 17.7 Å². The first kappa shape index (κ1) is 9.06. The van der Waals surface area contributed by atoms with Gasteiger partial charge in [0, 0.05) is 5.33 Å². The summed E-state index contributed by atoms with van der Waals surface area (Å²) < 4.78 is 0. The number of carboxylic acids is 1. The van der Waals surface area contributed by atoms with Crippen molar-refractivity contribution in [3.05, 3.63) is 29.3 Å². The number of phenolic OH excluding ortho intramolecular Hbond substituents is 1. The minimum atomic E-state index is -1.03. The van der Waals surface area contributed by atoms with Gasteiger partial charge in [0.05, 0.1) is 5.56 Å². The molecule has 0 unspecified atom stereocenters. The highest BCUT2D eigenvalue weighted by Gasteiger charge is 2.09. The molecule has 0 saturated carbocycles. The molecule has 12 heavy (non-hydrogen) atoms. The van der Waals surface area contributed by atoms with E-state index in [0.29, 0.717) is 10.9 Å². The van der Waals surface area contributed by atoms with Gasteiger partial charge in [0.2, 0.25) is 0 Å². The SMILES string of the molecule is O=C(O)c1cc(O)ccc1CBr. The van der Waals surface area contributed by atoms with Crippen LogP contribution in [-0.4, -0.2) is 16.2 Å². The van der Waals surface area contributed by atoms with E-state index in [1.54, 1.807) is 6.07 Å². The molecule has 0 aliphatic heterocycles. The maximum Gasteiger partial charge on any atom is 0.336 e. The van der Waals surface area contributed by atoms with Crippen LogP contribution >= 0.6 is 15.9 Å². The molecule has 0 aromatic heterocycles. The molecule has 0 heterocycles. The van der Waals surface area contributed by atoms with Crippen LogP contribution in [-0.2, 0) is 5.33 Å². The lowest BCUT2D eigenvalue weighted by Gasteiger charge is -2.01. The average Bonchev–Trinajstić information content (AvgIpc) is 2.04. The third-order valence-electron chi connectivity index (χ3n) is 1.47. The largest absolute Gasteiger partial charge is 0.508 e. The molecule has 0 atom stereocenters. The summed E-state index contributed by atoms with van der Waals surface area (Å²) in [7, 11) is 0. The van der Waals surface area contributed by atoms with E-state index in [9.17, 15) is 4.79 Å². The third-order valence-corrected chi connectivity index (χ3v) is 2.07. The summed E-state index contributed by atoms with van der Waals surface area (Å²) in [5.41, 5.74) is 0.784. The quantitative estimate of drug-likeness (QED) is 0.765. The first-order valence-electron chi connectivity index (χ1n) is 3.26. The van der Waals surface area contributed by atoms with E-state index in [2.05, 4.69) is 15.9 Å². The van der Waals surface area contributed by atoms with E-state index < -0.39 is 5.97 Å². The fourth-order valence-corrected chi connectivity index (χ4v) is 1.37. The maximum absolute atomic E-state index is 10.6. The van der Waals surface area contributed by atoms with Crippen molar-refractivity contribution >= 4 is 21.9 Å². The van der Waals surface area contributed by atoms with Crippen molar-refractivity contribution in [3.8, 4) is 5.75 Å². The minimum Gasteiger partial charge on any atom is -0.508 e. The number of rotatable bonds is 2. The van der Waals surface area contributed by atoms with E-state index in [-0.39, 0.29) is 11.3 Å². The molecule has 0 fully saturated rings. The number of carbonyl (C=O) groups is 1. The highest BCUT2D eigenvalue weighted by Crippen LogP contribution is 2.18. The Morgan fingerprint density at radius 2 is 2.17 bits per heavy atom. The molecule has 0 radical (unpaired) electrons. The summed E-state index contributed by atoms with van der Waals surface area (Å²) in [5.74, 6) is -1.06. The molecule has 0 aliphatic carbocycles. The Morgan fingerprint density at radius 1 is 1.50 bits per heavy atom. The Hall–Kier alpha value is -1.03. The number of halogens is 1. The second-order valence-corrected chi connectivity index (χ2v) is 2.84. The number of phenols is 1. The molecule has 1 aromatic carbocycles. The number of carboxylic acid groups (broad SMARTS) is 1. The Kier molecular flexibility index (Phi) is 2.70. The van der Waals surface area contributed by atoms with Crippen LogP contribution in [0.15, 0.2) is 18.2 Å². The Bertz CT molecular complexity index is 309. The summed E-state index contributed by atoms with van der Waals surface area (Å²) in [6.07, 6.45) is 0. The molecule has 1 rings (SSSR count). The molecular formula is C8H7BrO3. The zero-order valence-corrected chi connectivity index (χ0v) is 7.71. The van der Waals surface area contributed by atoms with Crippen LogP contribution in [0.2, 0.25) is 0 Å². The van der Waals surface area contributed by atoms with Gasteiger partial charge in [0.25, 0.3) is 0 Å². The second-order valence-electron chi connectivity index (χ2n) is 2.28. The predicted molar refractivity (Wildman–Crippen MR) is 47.7 cm³/mol. The molecule has 0 spiro atoms. The second kappa shape index (κ2) is 3.58. The van der Waals surface area contributed by atoms with E-state index in [1.807, 2.05) is 0 Å². The number of hydrogen-bond acceptors (Lipinski definition) is 2. The zero-order valence-electron chi connectivity index (χ0n) is 6.12. The number of hydrogen-bond donors (Lipinski definition) is 2. The topological polar surface area (TPSA) is 57.5 Å². The first-order valence-corrected chi connectivity index (χ1v) is 4.38. The lowest BCUT2D eigenvalue weighted by atomic mass is 10.1. The fraction of sp³-hybridized carbons (Fsp3) is 0.125. The van der Waals surface area contributed by atoms with Gasteiger partial charge in [0.15, 0.2) is 0 Å². The van der Waals surface area contributed by atoms with Gasteiger partial charge < -0.3 is 10.2 Å². The lowest BCUT2D eigenvalue weighted by Crippen LogP contribution is -2.00. The number of alkyl halides is 1. The predicted octanol–water partition coefficient (Wildman–Crippen LogP) is 1.99. The Labute approximate surface area is 77.8 Å². The van der Waals surface area contributed by atoms with Gasteiger partial charge in [-0.15, -0.1) is 0 Å². The molecule has 4 heteroatoms. The van der Waals surface area contributed by atoms with Gasteiger partial charge >= 0.3 is 5.97 Å². The molecule has 0 bridgehead atoms. The van der Waals surface area contributed by atoms with Crippen LogP contribution in [0.25, 0.3) is 0 Å². The molecule has 2 N–H and O–H groups in total. The van der Waals surface area contributed by atoms with Crippen molar-refractivity contribution in [1.82, 2.24) is 0 Å². The number of benzene rings is 1. The highest BCUT2D eigenvalue weighted by molar-refractivity contribution is 9.08. The Balaban J connectivity index is 3.21. The van der Waals surface area contributed by atoms with E-state index in [4.69, 9.17) is 10.2 Å². The van der Waals surface area contributed by atoms with Gasteiger partial charge in [-0.2, -0.15) is 0 Å². The molecule has 0 saturated heterocycles. The normalized spacial score (nSPS) is 9.75. The molecule has 3 nitrogen and oxygen atoms in total. The van der Waals surface area contributed by atoms with Crippen molar-refractivity contribution in [2.24, 2.45) is 0 Å². The van der Waals surface area contributed by atoms with Crippen LogP contribution in [0.4, 0.5) is 0 Å². The van der Waals surface area contributed by atoms with Crippen molar-refractivity contribution < 1.29 is 15.0 Å². The lowest BCUT2D eigenvalue weighted by molar-refractivity contribution is 0.0695. The molecule has 64 valence electrons. The van der Waals surface area contributed by atoms with Crippen LogP contribution in [0.3, 0.4) is 0 Å². The van der Waals surface area contributed by atoms with Crippen LogP contribution in [0.1, 0.15) is 15.9 Å². The zero-order chi connectivity index (χ0) is 9.14. The summed E-state index contributed by atoms with van der Waals surface area (Å²) >= 11 is 3.16.